The lowest BCUT2D eigenvalue weighted by molar-refractivity contribution is -0.111. The SMILES string of the molecule is COc1ccccc1/C=C/C(=O)Nc1ncn(Cc2cccc(C)c2)n1. The van der Waals surface area contributed by atoms with Gasteiger partial charge >= 0.3 is 0 Å². The number of hydrogen-bond acceptors (Lipinski definition) is 4. The van der Waals surface area contributed by atoms with Gasteiger partial charge in [0, 0.05) is 11.6 Å². The van der Waals surface area contributed by atoms with Crippen LogP contribution in [-0.2, 0) is 11.3 Å². The summed E-state index contributed by atoms with van der Waals surface area (Å²) in [5, 5.41) is 6.94. The number of rotatable bonds is 6. The molecule has 0 radical (unpaired) electrons. The Morgan fingerprint density at radius 3 is 2.88 bits per heavy atom. The lowest BCUT2D eigenvalue weighted by Gasteiger charge is -2.03. The molecule has 132 valence electrons. The maximum absolute atomic E-state index is 12.1. The molecule has 0 aliphatic heterocycles. The number of amides is 1. The average molecular weight is 348 g/mol. The van der Waals surface area contributed by atoms with E-state index in [0.29, 0.717) is 12.3 Å². The molecule has 0 spiro atoms. The lowest BCUT2D eigenvalue weighted by atomic mass is 10.1. The highest BCUT2D eigenvalue weighted by Gasteiger charge is 2.05. The van der Waals surface area contributed by atoms with Crippen molar-refractivity contribution in [2.75, 3.05) is 12.4 Å². The zero-order valence-corrected chi connectivity index (χ0v) is 14.7. The zero-order chi connectivity index (χ0) is 18.4. The highest BCUT2D eigenvalue weighted by atomic mass is 16.5. The van der Waals surface area contributed by atoms with Crippen molar-refractivity contribution in [1.29, 1.82) is 0 Å². The van der Waals surface area contributed by atoms with Crippen LogP contribution in [0.2, 0.25) is 0 Å². The van der Waals surface area contributed by atoms with Crippen molar-refractivity contribution in [1.82, 2.24) is 14.8 Å². The first-order valence-corrected chi connectivity index (χ1v) is 8.21. The van der Waals surface area contributed by atoms with E-state index in [2.05, 4.69) is 21.5 Å². The molecule has 1 aromatic heterocycles. The van der Waals surface area contributed by atoms with Crippen LogP contribution in [0.25, 0.3) is 6.08 Å². The van der Waals surface area contributed by atoms with Gasteiger partial charge in [-0.15, -0.1) is 5.10 Å². The fourth-order valence-electron chi connectivity index (χ4n) is 2.55. The summed E-state index contributed by atoms with van der Waals surface area (Å²) in [4.78, 5) is 16.2. The highest BCUT2D eigenvalue weighted by molar-refractivity contribution is 6.01. The fraction of sp³-hybridized carbons (Fsp3) is 0.150. The van der Waals surface area contributed by atoms with E-state index in [4.69, 9.17) is 4.74 Å². The molecule has 1 heterocycles. The van der Waals surface area contributed by atoms with Crippen LogP contribution in [0.3, 0.4) is 0 Å². The summed E-state index contributed by atoms with van der Waals surface area (Å²) in [6, 6.07) is 15.6. The number of methoxy groups -OCH3 is 1. The molecule has 0 aliphatic carbocycles. The summed E-state index contributed by atoms with van der Waals surface area (Å²) in [5.74, 6) is 0.675. The largest absolute Gasteiger partial charge is 0.496 e. The highest BCUT2D eigenvalue weighted by Crippen LogP contribution is 2.18. The lowest BCUT2D eigenvalue weighted by Crippen LogP contribution is -2.10. The third kappa shape index (κ3) is 4.57. The number of anilines is 1. The van der Waals surface area contributed by atoms with Gasteiger partial charge in [-0.1, -0.05) is 48.0 Å². The van der Waals surface area contributed by atoms with Crippen LogP contribution in [-0.4, -0.2) is 27.8 Å². The zero-order valence-electron chi connectivity index (χ0n) is 14.7. The Morgan fingerprint density at radius 1 is 1.23 bits per heavy atom. The first-order chi connectivity index (χ1) is 12.6. The van der Waals surface area contributed by atoms with E-state index in [1.165, 1.54) is 11.6 Å². The van der Waals surface area contributed by atoms with Crippen LogP contribution in [0.15, 0.2) is 60.9 Å². The summed E-state index contributed by atoms with van der Waals surface area (Å²) in [7, 11) is 1.59. The van der Waals surface area contributed by atoms with E-state index in [0.717, 1.165) is 11.1 Å². The molecule has 0 fully saturated rings. The molecule has 2 aromatic carbocycles. The van der Waals surface area contributed by atoms with Gasteiger partial charge < -0.3 is 4.74 Å². The second-order valence-electron chi connectivity index (χ2n) is 5.82. The quantitative estimate of drug-likeness (QED) is 0.694. The smallest absolute Gasteiger partial charge is 0.250 e. The molecule has 0 bridgehead atoms. The Labute approximate surface area is 152 Å². The van der Waals surface area contributed by atoms with E-state index >= 15 is 0 Å². The monoisotopic (exact) mass is 348 g/mol. The molecule has 6 heteroatoms. The first-order valence-electron chi connectivity index (χ1n) is 8.21. The number of benzene rings is 2. The minimum Gasteiger partial charge on any atom is -0.496 e. The predicted molar refractivity (Wildman–Crippen MR) is 101 cm³/mol. The molecule has 0 saturated carbocycles. The van der Waals surface area contributed by atoms with Gasteiger partial charge in [0.25, 0.3) is 5.91 Å². The number of carbonyl (C=O) groups excluding carboxylic acids is 1. The summed E-state index contributed by atoms with van der Waals surface area (Å²) in [6.07, 6.45) is 4.72. The topological polar surface area (TPSA) is 69.0 Å². The van der Waals surface area contributed by atoms with Gasteiger partial charge in [0.2, 0.25) is 5.95 Å². The Balaban J connectivity index is 1.61. The third-order valence-electron chi connectivity index (χ3n) is 3.75. The average Bonchev–Trinajstić information content (AvgIpc) is 3.07. The van der Waals surface area contributed by atoms with Crippen LogP contribution < -0.4 is 10.1 Å². The number of nitrogens with zero attached hydrogens (tertiary/aromatic N) is 3. The van der Waals surface area contributed by atoms with Crippen molar-refractivity contribution in [3.8, 4) is 5.75 Å². The molecule has 0 unspecified atom stereocenters. The molecule has 0 atom stereocenters. The molecular weight excluding hydrogens is 328 g/mol. The number of para-hydroxylation sites is 1. The van der Waals surface area contributed by atoms with Crippen LogP contribution in [0.5, 0.6) is 5.75 Å². The Kier molecular flexibility index (Phi) is 5.43. The van der Waals surface area contributed by atoms with Crippen molar-refractivity contribution in [2.24, 2.45) is 0 Å². The van der Waals surface area contributed by atoms with E-state index in [9.17, 15) is 4.79 Å². The molecule has 0 saturated heterocycles. The van der Waals surface area contributed by atoms with Crippen molar-refractivity contribution >= 4 is 17.9 Å². The maximum Gasteiger partial charge on any atom is 0.250 e. The van der Waals surface area contributed by atoms with Crippen molar-refractivity contribution in [3.63, 3.8) is 0 Å². The molecule has 3 rings (SSSR count). The fourth-order valence-corrected chi connectivity index (χ4v) is 2.55. The Bertz CT molecular complexity index is 931. The predicted octanol–water partition coefficient (Wildman–Crippen LogP) is 3.30. The second kappa shape index (κ2) is 8.11. The van der Waals surface area contributed by atoms with Gasteiger partial charge in [0.15, 0.2) is 0 Å². The van der Waals surface area contributed by atoms with Crippen molar-refractivity contribution in [2.45, 2.75) is 13.5 Å². The van der Waals surface area contributed by atoms with Gasteiger partial charge in [-0.05, 0) is 24.6 Å². The van der Waals surface area contributed by atoms with Crippen molar-refractivity contribution < 1.29 is 9.53 Å². The Hall–Kier alpha value is -3.41. The number of ether oxygens (including phenoxy) is 1. The molecule has 1 N–H and O–H groups in total. The van der Waals surface area contributed by atoms with E-state index in [1.807, 2.05) is 49.4 Å². The van der Waals surface area contributed by atoms with E-state index in [1.54, 1.807) is 24.2 Å². The van der Waals surface area contributed by atoms with Gasteiger partial charge in [0.05, 0.1) is 13.7 Å². The summed E-state index contributed by atoms with van der Waals surface area (Å²) < 4.78 is 6.94. The number of aryl methyl sites for hydroxylation is 1. The summed E-state index contributed by atoms with van der Waals surface area (Å²) in [5.41, 5.74) is 3.14. The van der Waals surface area contributed by atoms with Gasteiger partial charge in [-0.3, -0.25) is 10.1 Å². The summed E-state index contributed by atoms with van der Waals surface area (Å²) in [6.45, 7) is 2.64. The third-order valence-corrected chi connectivity index (χ3v) is 3.75. The second-order valence-corrected chi connectivity index (χ2v) is 5.82. The first kappa shape index (κ1) is 17.4. The number of nitrogens with one attached hydrogen (secondary N) is 1. The molecule has 3 aromatic rings. The molecule has 0 aliphatic rings. The number of aromatic nitrogens is 3. The van der Waals surface area contributed by atoms with Crippen LogP contribution in [0.1, 0.15) is 16.7 Å². The number of carbonyl (C=O) groups is 1. The van der Waals surface area contributed by atoms with E-state index < -0.39 is 0 Å². The number of hydrogen-bond donors (Lipinski definition) is 1. The van der Waals surface area contributed by atoms with Crippen molar-refractivity contribution in [3.05, 3.63) is 77.6 Å². The molecule has 6 nitrogen and oxygen atoms in total. The minimum atomic E-state index is -0.302. The normalized spacial score (nSPS) is 10.8. The van der Waals surface area contributed by atoms with Gasteiger partial charge in [0.1, 0.15) is 12.1 Å². The van der Waals surface area contributed by atoms with Crippen LogP contribution >= 0.6 is 0 Å². The molecular formula is C20H20N4O2. The van der Waals surface area contributed by atoms with Crippen LogP contribution in [0.4, 0.5) is 5.95 Å². The van der Waals surface area contributed by atoms with E-state index in [-0.39, 0.29) is 11.9 Å². The van der Waals surface area contributed by atoms with Gasteiger partial charge in [-0.2, -0.15) is 0 Å². The molecule has 1 amide bonds. The standard InChI is InChI=1S/C20H20N4O2/c1-15-6-5-7-16(12-15)13-24-14-21-20(23-24)22-19(25)11-10-17-8-3-4-9-18(17)26-2/h3-12,14H,13H2,1-2H3,(H,22,23,25)/b11-10+. The maximum atomic E-state index is 12.1. The summed E-state index contributed by atoms with van der Waals surface area (Å²) >= 11 is 0. The van der Waals surface area contributed by atoms with Gasteiger partial charge in [-0.25, -0.2) is 9.67 Å². The van der Waals surface area contributed by atoms with Crippen LogP contribution in [0, 0.1) is 6.92 Å². The molecule has 26 heavy (non-hydrogen) atoms. The Morgan fingerprint density at radius 2 is 2.08 bits per heavy atom. The minimum absolute atomic E-state index is 0.271.